The quantitative estimate of drug-likeness (QED) is 0.638. The molecule has 1 aromatic rings. The van der Waals surface area contributed by atoms with E-state index in [1.807, 2.05) is 0 Å². The van der Waals surface area contributed by atoms with Gasteiger partial charge in [-0.2, -0.15) is 0 Å². The molecule has 1 amide bonds. The third-order valence-electron chi connectivity index (χ3n) is 2.62. The number of carboxylic acid groups (broad SMARTS) is 1. The van der Waals surface area contributed by atoms with Crippen molar-refractivity contribution in [2.24, 2.45) is 5.16 Å². The number of halogens is 1. The first kappa shape index (κ1) is 14.7. The first-order valence-electron chi connectivity index (χ1n) is 5.59. The third-order valence-corrected chi connectivity index (χ3v) is 2.94. The number of hydrogen-bond donors (Lipinski definition) is 2. The van der Waals surface area contributed by atoms with E-state index in [-0.39, 0.29) is 28.5 Å². The number of anilines is 1. The van der Waals surface area contributed by atoms with E-state index in [0.717, 1.165) is 6.07 Å². The lowest BCUT2D eigenvalue weighted by atomic mass is 10.1. The Hall–Kier alpha value is -2.68. The van der Waals surface area contributed by atoms with Crippen molar-refractivity contribution < 1.29 is 24.5 Å². The second-order valence-corrected chi connectivity index (χ2v) is 4.46. The fraction of sp³-hybridized carbons (Fsp3) is 0.182. The summed E-state index contributed by atoms with van der Waals surface area (Å²) in [6, 6.07) is 3.74. The van der Waals surface area contributed by atoms with Crippen molar-refractivity contribution in [2.75, 3.05) is 5.32 Å². The number of carboxylic acids is 1. The average Bonchev–Trinajstić information content (AvgIpc) is 2.90. The number of oxime groups is 1. The van der Waals surface area contributed by atoms with E-state index >= 15 is 0 Å². The standard InChI is InChI=1S/C11H8ClN3O6/c12-6-2-1-5(3-8(6)15(19)20)13-10(16)9-4-7(11(17)18)14-21-9/h1-3,9H,4H2,(H,13,16)(H,17,18). The van der Waals surface area contributed by atoms with Gasteiger partial charge in [-0.1, -0.05) is 16.8 Å². The van der Waals surface area contributed by atoms with Crippen LogP contribution < -0.4 is 5.32 Å². The zero-order chi connectivity index (χ0) is 15.6. The maximum atomic E-state index is 11.8. The smallest absolute Gasteiger partial charge is 0.353 e. The van der Waals surface area contributed by atoms with Crippen LogP contribution in [0.1, 0.15) is 6.42 Å². The van der Waals surface area contributed by atoms with Gasteiger partial charge in [-0.05, 0) is 12.1 Å². The number of nitrogens with one attached hydrogen (secondary N) is 1. The van der Waals surface area contributed by atoms with E-state index in [0.29, 0.717) is 0 Å². The highest BCUT2D eigenvalue weighted by Crippen LogP contribution is 2.27. The molecule has 1 aliphatic rings. The summed E-state index contributed by atoms with van der Waals surface area (Å²) >= 11 is 5.65. The van der Waals surface area contributed by atoms with Gasteiger partial charge >= 0.3 is 5.97 Å². The number of amides is 1. The normalized spacial score (nSPS) is 16.8. The fourth-order valence-corrected chi connectivity index (χ4v) is 1.78. The molecule has 0 fully saturated rings. The Morgan fingerprint density at radius 1 is 1.52 bits per heavy atom. The molecule has 1 unspecified atom stereocenters. The molecule has 0 saturated heterocycles. The van der Waals surface area contributed by atoms with Gasteiger partial charge in [0, 0.05) is 18.2 Å². The average molecular weight is 314 g/mol. The van der Waals surface area contributed by atoms with Gasteiger partial charge in [-0.25, -0.2) is 4.79 Å². The summed E-state index contributed by atoms with van der Waals surface area (Å²) in [5, 5.41) is 25.0. The number of aliphatic carboxylic acids is 1. The van der Waals surface area contributed by atoms with Gasteiger partial charge in [0.1, 0.15) is 5.02 Å². The molecular formula is C11H8ClN3O6. The molecule has 0 radical (unpaired) electrons. The Labute approximate surface area is 122 Å². The number of nitrogens with zero attached hydrogens (tertiary/aromatic N) is 2. The number of carbonyl (C=O) groups excluding carboxylic acids is 1. The largest absolute Gasteiger partial charge is 0.477 e. The van der Waals surface area contributed by atoms with Gasteiger partial charge < -0.3 is 15.3 Å². The molecule has 9 nitrogen and oxygen atoms in total. The van der Waals surface area contributed by atoms with E-state index in [2.05, 4.69) is 10.5 Å². The Balaban J connectivity index is 2.06. The summed E-state index contributed by atoms with van der Waals surface area (Å²) < 4.78 is 0. The minimum atomic E-state index is -1.27. The van der Waals surface area contributed by atoms with Crippen molar-refractivity contribution >= 4 is 40.6 Å². The summed E-state index contributed by atoms with van der Waals surface area (Å²) in [5.74, 6) is -1.93. The van der Waals surface area contributed by atoms with Crippen LogP contribution in [-0.2, 0) is 14.4 Å². The van der Waals surface area contributed by atoms with Gasteiger partial charge in [0.25, 0.3) is 11.6 Å². The Morgan fingerprint density at radius 2 is 2.24 bits per heavy atom. The molecule has 1 aromatic carbocycles. The van der Waals surface area contributed by atoms with Crippen LogP contribution in [0.2, 0.25) is 5.02 Å². The number of nitro benzene ring substituents is 1. The molecule has 0 bridgehead atoms. The second kappa shape index (κ2) is 5.75. The van der Waals surface area contributed by atoms with Crippen molar-refractivity contribution in [3.8, 4) is 0 Å². The van der Waals surface area contributed by atoms with Crippen molar-refractivity contribution in [2.45, 2.75) is 12.5 Å². The van der Waals surface area contributed by atoms with Gasteiger partial charge in [-0.15, -0.1) is 0 Å². The highest BCUT2D eigenvalue weighted by molar-refractivity contribution is 6.36. The van der Waals surface area contributed by atoms with Crippen LogP contribution in [-0.4, -0.2) is 33.7 Å². The summed E-state index contributed by atoms with van der Waals surface area (Å²) in [7, 11) is 0. The minimum Gasteiger partial charge on any atom is -0.477 e. The van der Waals surface area contributed by atoms with E-state index in [9.17, 15) is 19.7 Å². The van der Waals surface area contributed by atoms with Gasteiger partial charge in [-0.3, -0.25) is 14.9 Å². The second-order valence-electron chi connectivity index (χ2n) is 4.05. The molecule has 0 saturated carbocycles. The summed E-state index contributed by atoms with van der Waals surface area (Å²) in [4.78, 5) is 37.2. The first-order chi connectivity index (χ1) is 9.88. The topological polar surface area (TPSA) is 131 Å². The maximum absolute atomic E-state index is 11.8. The Kier molecular flexibility index (Phi) is 4.03. The van der Waals surface area contributed by atoms with Crippen LogP contribution in [0.5, 0.6) is 0 Å². The van der Waals surface area contributed by atoms with Crippen LogP contribution >= 0.6 is 11.6 Å². The van der Waals surface area contributed by atoms with Crippen molar-refractivity contribution in [3.05, 3.63) is 33.3 Å². The van der Waals surface area contributed by atoms with E-state index in [1.165, 1.54) is 12.1 Å². The van der Waals surface area contributed by atoms with Crippen molar-refractivity contribution in [3.63, 3.8) is 0 Å². The third kappa shape index (κ3) is 3.26. The molecule has 2 rings (SSSR count). The summed E-state index contributed by atoms with van der Waals surface area (Å²) in [6.07, 6.45) is -1.28. The number of nitro groups is 1. The van der Waals surface area contributed by atoms with Gasteiger partial charge in [0.15, 0.2) is 5.71 Å². The highest BCUT2D eigenvalue weighted by atomic mass is 35.5. The van der Waals surface area contributed by atoms with Crippen LogP contribution in [0.25, 0.3) is 0 Å². The van der Waals surface area contributed by atoms with Gasteiger partial charge in [0.2, 0.25) is 6.10 Å². The summed E-state index contributed by atoms with van der Waals surface area (Å²) in [6.45, 7) is 0. The number of rotatable bonds is 4. The molecule has 110 valence electrons. The molecule has 2 N–H and O–H groups in total. The van der Waals surface area contributed by atoms with E-state index < -0.39 is 22.9 Å². The zero-order valence-corrected chi connectivity index (χ0v) is 11.0. The van der Waals surface area contributed by atoms with Crippen LogP contribution in [0, 0.1) is 10.1 Å². The Bertz CT molecular complexity index is 659. The maximum Gasteiger partial charge on any atom is 0.353 e. The molecule has 1 heterocycles. The predicted octanol–water partition coefficient (Wildman–Crippen LogP) is 1.42. The highest BCUT2D eigenvalue weighted by Gasteiger charge is 2.31. The molecular weight excluding hydrogens is 306 g/mol. The molecule has 1 aliphatic heterocycles. The lowest BCUT2D eigenvalue weighted by molar-refractivity contribution is -0.384. The predicted molar refractivity (Wildman–Crippen MR) is 71.3 cm³/mol. The van der Waals surface area contributed by atoms with Crippen LogP contribution in [0.15, 0.2) is 23.4 Å². The first-order valence-corrected chi connectivity index (χ1v) is 5.97. The number of benzene rings is 1. The monoisotopic (exact) mass is 313 g/mol. The minimum absolute atomic E-state index is 0.0633. The molecule has 0 spiro atoms. The van der Waals surface area contributed by atoms with Gasteiger partial charge in [0.05, 0.1) is 4.92 Å². The van der Waals surface area contributed by atoms with Crippen LogP contribution in [0.3, 0.4) is 0 Å². The van der Waals surface area contributed by atoms with E-state index in [4.69, 9.17) is 21.5 Å². The zero-order valence-electron chi connectivity index (χ0n) is 10.3. The van der Waals surface area contributed by atoms with E-state index in [1.54, 1.807) is 0 Å². The molecule has 1 atom stereocenters. The fourth-order valence-electron chi connectivity index (χ4n) is 1.60. The van der Waals surface area contributed by atoms with Crippen molar-refractivity contribution in [1.82, 2.24) is 0 Å². The lowest BCUT2D eigenvalue weighted by Gasteiger charge is -2.09. The molecule has 0 aliphatic carbocycles. The number of hydrogen-bond acceptors (Lipinski definition) is 6. The molecule has 0 aromatic heterocycles. The number of carbonyl (C=O) groups is 2. The van der Waals surface area contributed by atoms with Crippen LogP contribution in [0.4, 0.5) is 11.4 Å². The SMILES string of the molecule is O=C(O)C1=NOC(C(=O)Nc2ccc(Cl)c([N+](=O)[O-])c2)C1. The Morgan fingerprint density at radius 3 is 2.81 bits per heavy atom. The molecule has 10 heteroatoms. The van der Waals surface area contributed by atoms with Crippen molar-refractivity contribution in [1.29, 1.82) is 0 Å². The lowest BCUT2D eigenvalue weighted by Crippen LogP contribution is -2.28. The molecule has 21 heavy (non-hydrogen) atoms. The summed E-state index contributed by atoms with van der Waals surface area (Å²) in [5.41, 5.74) is -0.481.